The van der Waals surface area contributed by atoms with Gasteiger partial charge in [0.1, 0.15) is 5.60 Å². The van der Waals surface area contributed by atoms with Gasteiger partial charge in [-0.15, -0.1) is 0 Å². The SMILES string of the molecule is CCOC(=O)CC1=CN(Cc2ccccc2)CC(c2ccc(NC(=O)OC(C)(C)C)cc2)C1. The van der Waals surface area contributed by atoms with E-state index >= 15 is 0 Å². The highest BCUT2D eigenvalue weighted by Gasteiger charge is 2.24. The summed E-state index contributed by atoms with van der Waals surface area (Å²) in [5, 5.41) is 2.77. The summed E-state index contributed by atoms with van der Waals surface area (Å²) in [6.07, 6.45) is 2.73. The van der Waals surface area contributed by atoms with Gasteiger partial charge in [-0.3, -0.25) is 10.1 Å². The Kier molecular flexibility index (Phi) is 8.15. The number of anilines is 1. The second-order valence-corrected chi connectivity index (χ2v) is 9.33. The van der Waals surface area contributed by atoms with Crippen LogP contribution in [0.2, 0.25) is 0 Å². The Hall–Kier alpha value is -3.28. The van der Waals surface area contributed by atoms with E-state index in [4.69, 9.17) is 9.47 Å². The molecule has 6 nitrogen and oxygen atoms in total. The molecular weight excluding hydrogens is 416 g/mol. The minimum absolute atomic E-state index is 0.194. The lowest BCUT2D eigenvalue weighted by atomic mass is 9.87. The number of ether oxygens (including phenoxy) is 2. The Morgan fingerprint density at radius 2 is 1.76 bits per heavy atom. The highest BCUT2D eigenvalue weighted by molar-refractivity contribution is 5.84. The van der Waals surface area contributed by atoms with Crippen LogP contribution in [-0.4, -0.2) is 35.7 Å². The van der Waals surface area contributed by atoms with Gasteiger partial charge < -0.3 is 14.4 Å². The predicted molar refractivity (Wildman–Crippen MR) is 130 cm³/mol. The first-order valence-electron chi connectivity index (χ1n) is 11.4. The molecule has 0 saturated heterocycles. The molecule has 1 aliphatic heterocycles. The fraction of sp³-hybridized carbons (Fsp3) is 0.407. The van der Waals surface area contributed by atoms with E-state index in [1.807, 2.05) is 70.2 Å². The largest absolute Gasteiger partial charge is 0.466 e. The molecule has 0 aromatic heterocycles. The number of rotatable bonds is 7. The average molecular weight is 451 g/mol. The second-order valence-electron chi connectivity index (χ2n) is 9.33. The smallest absolute Gasteiger partial charge is 0.412 e. The first-order valence-corrected chi connectivity index (χ1v) is 11.4. The molecule has 1 atom stereocenters. The molecule has 33 heavy (non-hydrogen) atoms. The van der Waals surface area contributed by atoms with Crippen LogP contribution in [0.1, 0.15) is 57.6 Å². The molecule has 0 spiro atoms. The summed E-state index contributed by atoms with van der Waals surface area (Å²) in [4.78, 5) is 26.4. The van der Waals surface area contributed by atoms with Gasteiger partial charge in [-0.2, -0.15) is 0 Å². The molecule has 0 fully saturated rings. The summed E-state index contributed by atoms with van der Waals surface area (Å²) in [7, 11) is 0. The van der Waals surface area contributed by atoms with Gasteiger partial charge in [0.2, 0.25) is 0 Å². The first kappa shape index (κ1) is 24.4. The number of carbonyl (C=O) groups excluding carboxylic acids is 2. The molecule has 0 aliphatic carbocycles. The third-order valence-electron chi connectivity index (χ3n) is 5.26. The molecule has 0 radical (unpaired) electrons. The van der Waals surface area contributed by atoms with Gasteiger partial charge in [0.15, 0.2) is 0 Å². The summed E-state index contributed by atoms with van der Waals surface area (Å²) >= 11 is 0. The lowest BCUT2D eigenvalue weighted by Gasteiger charge is -2.33. The van der Waals surface area contributed by atoms with E-state index in [1.165, 1.54) is 5.56 Å². The van der Waals surface area contributed by atoms with Crippen molar-refractivity contribution in [1.29, 1.82) is 0 Å². The van der Waals surface area contributed by atoms with Gasteiger partial charge in [-0.1, -0.05) is 42.5 Å². The average Bonchev–Trinajstić information content (AvgIpc) is 2.73. The van der Waals surface area contributed by atoms with Crippen molar-refractivity contribution in [3.05, 3.63) is 77.5 Å². The minimum Gasteiger partial charge on any atom is -0.466 e. The molecule has 6 heteroatoms. The highest BCUT2D eigenvalue weighted by atomic mass is 16.6. The number of nitrogens with one attached hydrogen (secondary N) is 1. The van der Waals surface area contributed by atoms with Crippen LogP contribution >= 0.6 is 0 Å². The quantitative estimate of drug-likeness (QED) is 0.535. The molecule has 1 amide bonds. The Morgan fingerprint density at radius 3 is 2.39 bits per heavy atom. The maximum Gasteiger partial charge on any atom is 0.412 e. The van der Waals surface area contributed by atoms with Crippen molar-refractivity contribution >= 4 is 17.7 Å². The second kappa shape index (κ2) is 11.0. The van der Waals surface area contributed by atoms with Crippen molar-refractivity contribution in [3.63, 3.8) is 0 Å². The topological polar surface area (TPSA) is 67.9 Å². The molecule has 1 N–H and O–H groups in total. The maximum absolute atomic E-state index is 12.1. The summed E-state index contributed by atoms with van der Waals surface area (Å²) in [6.45, 7) is 9.34. The minimum atomic E-state index is -0.546. The lowest BCUT2D eigenvalue weighted by molar-refractivity contribution is -0.142. The molecule has 1 heterocycles. The summed E-state index contributed by atoms with van der Waals surface area (Å²) in [5.74, 6) is 0.0414. The van der Waals surface area contributed by atoms with Crippen molar-refractivity contribution in [2.45, 2.75) is 58.6 Å². The zero-order valence-corrected chi connectivity index (χ0v) is 20.0. The molecule has 0 bridgehead atoms. The molecule has 1 unspecified atom stereocenters. The van der Waals surface area contributed by atoms with Crippen LogP contribution in [0.5, 0.6) is 0 Å². The van der Waals surface area contributed by atoms with Crippen molar-refractivity contribution in [1.82, 2.24) is 4.90 Å². The van der Waals surface area contributed by atoms with Crippen LogP contribution in [-0.2, 0) is 20.8 Å². The molecule has 0 saturated carbocycles. The van der Waals surface area contributed by atoms with Crippen LogP contribution in [0.3, 0.4) is 0 Å². The van der Waals surface area contributed by atoms with E-state index in [-0.39, 0.29) is 11.9 Å². The Morgan fingerprint density at radius 1 is 1.06 bits per heavy atom. The third kappa shape index (κ3) is 7.97. The molecule has 3 rings (SSSR count). The van der Waals surface area contributed by atoms with Gasteiger partial charge in [0.25, 0.3) is 0 Å². The van der Waals surface area contributed by atoms with Gasteiger partial charge >= 0.3 is 12.1 Å². The summed E-state index contributed by atoms with van der Waals surface area (Å²) in [6, 6.07) is 18.2. The van der Waals surface area contributed by atoms with Crippen molar-refractivity contribution in [3.8, 4) is 0 Å². The van der Waals surface area contributed by atoms with Crippen LogP contribution in [0.4, 0.5) is 10.5 Å². The fourth-order valence-corrected chi connectivity index (χ4v) is 3.95. The van der Waals surface area contributed by atoms with Crippen molar-refractivity contribution < 1.29 is 19.1 Å². The van der Waals surface area contributed by atoms with Gasteiger partial charge in [0.05, 0.1) is 13.0 Å². The molecule has 2 aromatic rings. The Labute approximate surface area is 196 Å². The van der Waals surface area contributed by atoms with E-state index < -0.39 is 11.7 Å². The normalized spacial score (nSPS) is 16.1. The highest BCUT2D eigenvalue weighted by Crippen LogP contribution is 2.32. The van der Waals surface area contributed by atoms with Gasteiger partial charge in [-0.05, 0) is 69.1 Å². The number of hydrogen-bond donors (Lipinski definition) is 1. The number of nitrogens with zero attached hydrogens (tertiary/aromatic N) is 1. The molecular formula is C27H34N2O4. The van der Waals surface area contributed by atoms with E-state index in [0.717, 1.165) is 30.6 Å². The summed E-state index contributed by atoms with van der Waals surface area (Å²) < 4.78 is 10.5. The molecule has 176 valence electrons. The molecule has 2 aromatic carbocycles. The standard InChI is InChI=1S/C27H34N2O4/c1-5-32-25(30)16-21-15-23(19-29(18-21)17-20-9-7-6-8-10-20)22-11-13-24(14-12-22)28-26(31)33-27(2,3)4/h6-14,18,23H,5,15-17,19H2,1-4H3,(H,28,31). The van der Waals surface area contributed by atoms with E-state index in [9.17, 15) is 9.59 Å². The maximum atomic E-state index is 12.1. The van der Waals surface area contributed by atoms with Gasteiger partial charge in [-0.25, -0.2) is 4.79 Å². The third-order valence-corrected chi connectivity index (χ3v) is 5.26. The fourth-order valence-electron chi connectivity index (χ4n) is 3.95. The van der Waals surface area contributed by atoms with E-state index in [2.05, 4.69) is 28.5 Å². The van der Waals surface area contributed by atoms with Crippen LogP contribution in [0, 0.1) is 0 Å². The monoisotopic (exact) mass is 450 g/mol. The zero-order chi connectivity index (χ0) is 23.8. The Balaban J connectivity index is 1.72. The number of esters is 1. The van der Waals surface area contributed by atoms with E-state index in [1.54, 1.807) is 0 Å². The van der Waals surface area contributed by atoms with Crippen LogP contribution in [0.25, 0.3) is 0 Å². The van der Waals surface area contributed by atoms with Crippen LogP contribution < -0.4 is 5.32 Å². The number of amides is 1. The van der Waals surface area contributed by atoms with Crippen LogP contribution in [0.15, 0.2) is 66.4 Å². The predicted octanol–water partition coefficient (Wildman–Crippen LogP) is 5.86. The van der Waals surface area contributed by atoms with Crippen molar-refractivity contribution in [2.24, 2.45) is 0 Å². The molecule has 1 aliphatic rings. The number of benzene rings is 2. The number of carbonyl (C=O) groups is 2. The zero-order valence-electron chi connectivity index (χ0n) is 20.0. The van der Waals surface area contributed by atoms with E-state index in [0.29, 0.717) is 18.7 Å². The Bertz CT molecular complexity index is 962. The first-order chi connectivity index (χ1) is 15.7. The number of hydrogen-bond acceptors (Lipinski definition) is 5. The lowest BCUT2D eigenvalue weighted by Crippen LogP contribution is -2.29. The summed E-state index contributed by atoms with van der Waals surface area (Å²) in [5.41, 5.74) is 3.60. The van der Waals surface area contributed by atoms with Gasteiger partial charge in [0, 0.05) is 24.7 Å². The van der Waals surface area contributed by atoms with Crippen molar-refractivity contribution in [2.75, 3.05) is 18.5 Å².